The van der Waals surface area contributed by atoms with Crippen LogP contribution in [-0.4, -0.2) is 63.1 Å². The Morgan fingerprint density at radius 1 is 0.906 bits per heavy atom. The molecule has 0 bridgehead atoms. The van der Waals surface area contributed by atoms with Crippen molar-refractivity contribution in [2.45, 2.75) is 18.9 Å². The first-order chi connectivity index (χ1) is 15.2. The largest absolute Gasteiger partial charge is 0.364 e. The maximum atomic E-state index is 11.8. The summed E-state index contributed by atoms with van der Waals surface area (Å²) in [6.07, 6.45) is 3.35. The third-order valence-corrected chi connectivity index (χ3v) is 8.59. The molecule has 0 aliphatic carbocycles. The van der Waals surface area contributed by atoms with E-state index in [1.165, 1.54) is 6.26 Å². The highest BCUT2D eigenvalue weighted by Gasteiger charge is 2.33. The third-order valence-electron chi connectivity index (χ3n) is 6.48. The molecule has 2 atom stereocenters. The van der Waals surface area contributed by atoms with Crippen molar-refractivity contribution in [2.24, 2.45) is 5.92 Å². The zero-order valence-corrected chi connectivity index (χ0v) is 21.1. The van der Waals surface area contributed by atoms with E-state index in [-0.39, 0.29) is 6.04 Å². The van der Waals surface area contributed by atoms with E-state index in [1.807, 2.05) is 30.3 Å². The van der Waals surface area contributed by atoms with Gasteiger partial charge in [0.1, 0.15) is 0 Å². The lowest BCUT2D eigenvalue weighted by atomic mass is 9.88. The molecule has 0 amide bonds. The minimum Gasteiger partial charge on any atom is -0.364 e. The molecule has 5 nitrogen and oxygen atoms in total. The number of halogens is 3. The van der Waals surface area contributed by atoms with E-state index in [2.05, 4.69) is 21.9 Å². The molecular formula is C23H28Cl3N3O2S. The van der Waals surface area contributed by atoms with E-state index in [1.54, 1.807) is 4.31 Å². The van der Waals surface area contributed by atoms with E-state index < -0.39 is 10.0 Å². The Kier molecular flexibility index (Phi) is 7.60. The van der Waals surface area contributed by atoms with Crippen LogP contribution in [0.2, 0.25) is 15.1 Å². The van der Waals surface area contributed by atoms with Crippen molar-refractivity contribution in [1.29, 1.82) is 0 Å². The average molecular weight is 517 g/mol. The Labute approximate surface area is 205 Å². The second kappa shape index (κ2) is 10.1. The number of nitrogens with zero attached hydrogens (tertiary/aromatic N) is 3. The Morgan fingerprint density at radius 3 is 2.19 bits per heavy atom. The minimum absolute atomic E-state index is 0.166. The highest BCUT2D eigenvalue weighted by atomic mass is 35.5. The van der Waals surface area contributed by atoms with Crippen LogP contribution >= 0.6 is 34.8 Å². The fourth-order valence-electron chi connectivity index (χ4n) is 4.82. The van der Waals surface area contributed by atoms with E-state index in [4.69, 9.17) is 34.8 Å². The summed E-state index contributed by atoms with van der Waals surface area (Å²) in [5.74, 6) is 0.484. The molecule has 32 heavy (non-hydrogen) atoms. The number of hydrogen-bond donors (Lipinski definition) is 0. The summed E-state index contributed by atoms with van der Waals surface area (Å²) in [6.45, 7) is 4.54. The molecule has 2 heterocycles. The van der Waals surface area contributed by atoms with Crippen LogP contribution in [0.15, 0.2) is 42.5 Å². The molecule has 174 valence electrons. The highest BCUT2D eigenvalue weighted by Crippen LogP contribution is 2.40. The first kappa shape index (κ1) is 24.1. The van der Waals surface area contributed by atoms with Crippen molar-refractivity contribution in [3.8, 4) is 0 Å². The summed E-state index contributed by atoms with van der Waals surface area (Å²) in [7, 11) is -3.11. The van der Waals surface area contributed by atoms with Gasteiger partial charge in [-0.25, -0.2) is 8.42 Å². The second-order valence-electron chi connectivity index (χ2n) is 8.72. The predicted octanol–water partition coefficient (Wildman–Crippen LogP) is 5.18. The fourth-order valence-corrected chi connectivity index (χ4v) is 6.30. The van der Waals surface area contributed by atoms with Crippen LogP contribution in [0.4, 0.5) is 5.69 Å². The van der Waals surface area contributed by atoms with Crippen LogP contribution in [0.25, 0.3) is 0 Å². The topological polar surface area (TPSA) is 43.9 Å². The van der Waals surface area contributed by atoms with Gasteiger partial charge >= 0.3 is 0 Å². The summed E-state index contributed by atoms with van der Waals surface area (Å²) in [6, 6.07) is 13.9. The normalized spacial score (nSPS) is 23.4. The van der Waals surface area contributed by atoms with Gasteiger partial charge in [0.25, 0.3) is 0 Å². The van der Waals surface area contributed by atoms with Crippen LogP contribution in [-0.2, 0) is 10.0 Å². The zero-order valence-electron chi connectivity index (χ0n) is 18.1. The van der Waals surface area contributed by atoms with Gasteiger partial charge in [0, 0.05) is 60.0 Å². The quantitative estimate of drug-likeness (QED) is 0.549. The number of piperazine rings is 1. The molecule has 2 fully saturated rings. The van der Waals surface area contributed by atoms with Crippen LogP contribution < -0.4 is 4.90 Å². The first-order valence-electron chi connectivity index (χ1n) is 10.9. The van der Waals surface area contributed by atoms with Crippen LogP contribution in [0.5, 0.6) is 0 Å². The Balaban J connectivity index is 1.50. The van der Waals surface area contributed by atoms with E-state index in [0.29, 0.717) is 34.1 Å². The fraction of sp³-hybridized carbons (Fsp3) is 0.478. The molecule has 0 N–H and O–H groups in total. The van der Waals surface area contributed by atoms with Crippen LogP contribution in [0.3, 0.4) is 0 Å². The lowest BCUT2D eigenvalue weighted by molar-refractivity contribution is 0.154. The van der Waals surface area contributed by atoms with E-state index in [9.17, 15) is 8.42 Å². The Morgan fingerprint density at radius 2 is 1.56 bits per heavy atom. The van der Waals surface area contributed by atoms with Gasteiger partial charge in [0.05, 0.1) is 12.3 Å². The van der Waals surface area contributed by atoms with E-state index >= 15 is 0 Å². The van der Waals surface area contributed by atoms with Crippen LogP contribution in [0.1, 0.15) is 24.4 Å². The Bertz CT molecular complexity index is 1040. The van der Waals surface area contributed by atoms with Gasteiger partial charge in [-0.15, -0.1) is 0 Å². The standard InChI is InChI=1S/C23H28Cl3N3O2S/c1-32(30,31)28-12-10-27(11-13-28)15-17-2-9-23(21-8-5-19(25)14-22(21)26)29(16-17)20-6-3-18(24)4-7-20/h3-8,14,17,23H,2,9-13,15-16H2,1H3. The van der Waals surface area contributed by atoms with Gasteiger partial charge in [0.2, 0.25) is 10.0 Å². The molecule has 0 saturated carbocycles. The Hall–Kier alpha value is -1.02. The molecule has 0 spiro atoms. The summed E-state index contributed by atoms with van der Waals surface area (Å²) in [5.41, 5.74) is 2.21. The molecule has 2 aliphatic heterocycles. The van der Waals surface area contributed by atoms with Gasteiger partial charge in [-0.3, -0.25) is 0 Å². The molecule has 2 unspecified atom stereocenters. The average Bonchev–Trinajstić information content (AvgIpc) is 2.74. The maximum absolute atomic E-state index is 11.8. The van der Waals surface area contributed by atoms with Crippen molar-refractivity contribution in [3.05, 3.63) is 63.1 Å². The third kappa shape index (κ3) is 5.72. The molecular weight excluding hydrogens is 489 g/mol. The molecule has 0 radical (unpaired) electrons. The molecule has 2 aromatic rings. The van der Waals surface area contributed by atoms with Crippen molar-refractivity contribution in [3.63, 3.8) is 0 Å². The smallest absolute Gasteiger partial charge is 0.211 e. The lowest BCUT2D eigenvalue weighted by Crippen LogP contribution is -2.51. The van der Waals surface area contributed by atoms with Gasteiger partial charge in [-0.05, 0) is 60.7 Å². The highest BCUT2D eigenvalue weighted by molar-refractivity contribution is 7.88. The van der Waals surface area contributed by atoms with Gasteiger partial charge in [-0.2, -0.15) is 4.31 Å². The van der Waals surface area contributed by atoms with Crippen molar-refractivity contribution >= 4 is 50.5 Å². The summed E-state index contributed by atoms with van der Waals surface area (Å²) >= 11 is 18.9. The summed E-state index contributed by atoms with van der Waals surface area (Å²) in [4.78, 5) is 4.81. The predicted molar refractivity (Wildman–Crippen MR) is 134 cm³/mol. The van der Waals surface area contributed by atoms with Crippen LogP contribution in [0, 0.1) is 5.92 Å². The van der Waals surface area contributed by atoms with Crippen molar-refractivity contribution in [2.75, 3.05) is 50.4 Å². The monoisotopic (exact) mass is 515 g/mol. The molecule has 4 rings (SSSR count). The number of sulfonamides is 1. The van der Waals surface area contributed by atoms with Crippen molar-refractivity contribution < 1.29 is 8.42 Å². The summed E-state index contributed by atoms with van der Waals surface area (Å²) < 4.78 is 25.2. The SMILES string of the molecule is CS(=O)(=O)N1CCN(CC2CCC(c3ccc(Cl)cc3Cl)N(c3ccc(Cl)cc3)C2)CC1. The van der Waals surface area contributed by atoms with E-state index in [0.717, 1.165) is 50.3 Å². The lowest BCUT2D eigenvalue weighted by Gasteiger charge is -2.44. The molecule has 2 saturated heterocycles. The number of rotatable bonds is 5. The molecule has 2 aromatic carbocycles. The van der Waals surface area contributed by atoms with Crippen molar-refractivity contribution in [1.82, 2.24) is 9.21 Å². The van der Waals surface area contributed by atoms with Gasteiger partial charge in [0.15, 0.2) is 0 Å². The van der Waals surface area contributed by atoms with Gasteiger partial charge in [-0.1, -0.05) is 40.9 Å². The number of piperidine rings is 1. The van der Waals surface area contributed by atoms with Gasteiger partial charge < -0.3 is 9.80 Å². The number of anilines is 1. The minimum atomic E-state index is -3.11. The zero-order chi connectivity index (χ0) is 22.9. The number of hydrogen-bond acceptors (Lipinski definition) is 4. The number of benzene rings is 2. The first-order valence-corrected chi connectivity index (χ1v) is 13.8. The molecule has 9 heteroatoms. The molecule has 0 aromatic heterocycles. The maximum Gasteiger partial charge on any atom is 0.211 e. The molecule has 2 aliphatic rings. The second-order valence-corrected chi connectivity index (χ2v) is 12.0. The summed E-state index contributed by atoms with van der Waals surface area (Å²) in [5, 5.41) is 2.04.